The maximum Gasteiger partial charge on any atom is 0.0631 e. The fourth-order valence-electron chi connectivity index (χ4n) is 2.86. The van der Waals surface area contributed by atoms with Crippen molar-refractivity contribution < 1.29 is 5.11 Å². The van der Waals surface area contributed by atoms with Gasteiger partial charge in [-0.1, -0.05) is 66.2 Å². The predicted molar refractivity (Wildman–Crippen MR) is 96.1 cm³/mol. The predicted octanol–water partition coefficient (Wildman–Crippen LogP) is 6.42. The topological polar surface area (TPSA) is 20.2 Å². The molecule has 0 radical (unpaired) electrons. The smallest absolute Gasteiger partial charge is 0.0631 e. The summed E-state index contributed by atoms with van der Waals surface area (Å²) in [7, 11) is 0. The molecule has 0 aliphatic rings. The van der Waals surface area contributed by atoms with Crippen molar-refractivity contribution in [1.82, 2.24) is 0 Å². The van der Waals surface area contributed by atoms with E-state index < -0.39 is 5.60 Å². The first-order valence-corrected chi connectivity index (χ1v) is 9.58. The van der Waals surface area contributed by atoms with Gasteiger partial charge < -0.3 is 5.11 Å². The Morgan fingerprint density at radius 2 is 1.29 bits per heavy atom. The molecule has 0 saturated heterocycles. The minimum Gasteiger partial charge on any atom is -0.390 e. The summed E-state index contributed by atoms with van der Waals surface area (Å²) >= 11 is 5.72. The van der Waals surface area contributed by atoms with E-state index >= 15 is 0 Å². The van der Waals surface area contributed by atoms with Gasteiger partial charge in [0.15, 0.2) is 0 Å². The summed E-state index contributed by atoms with van der Waals surface area (Å²) in [5, 5.41) is 10.1. The van der Waals surface area contributed by atoms with E-state index in [1.165, 1.54) is 38.5 Å². The molecule has 21 heavy (non-hydrogen) atoms. The highest BCUT2D eigenvalue weighted by atomic mass is 35.5. The molecule has 0 fully saturated rings. The van der Waals surface area contributed by atoms with E-state index in [-0.39, 0.29) is 0 Å². The van der Waals surface area contributed by atoms with E-state index in [0.717, 1.165) is 30.6 Å². The van der Waals surface area contributed by atoms with Gasteiger partial charge in [0.1, 0.15) is 0 Å². The van der Waals surface area contributed by atoms with Gasteiger partial charge in [0.25, 0.3) is 0 Å². The number of hydrogen-bond acceptors (Lipinski definition) is 1. The van der Waals surface area contributed by atoms with Crippen molar-refractivity contribution in [2.45, 2.75) is 98.0 Å². The van der Waals surface area contributed by atoms with Crippen LogP contribution in [0.25, 0.3) is 0 Å². The molecule has 0 aromatic carbocycles. The Balaban J connectivity index is 3.62. The van der Waals surface area contributed by atoms with E-state index in [0.29, 0.717) is 12.3 Å². The fourth-order valence-corrected chi connectivity index (χ4v) is 3.27. The van der Waals surface area contributed by atoms with Crippen LogP contribution in [0.4, 0.5) is 0 Å². The number of hydrogen-bond donors (Lipinski definition) is 1. The summed E-state index contributed by atoms with van der Waals surface area (Å²) in [6.45, 7) is 11.3. The van der Waals surface area contributed by atoms with Crippen LogP contribution in [0.5, 0.6) is 0 Å². The molecule has 0 bridgehead atoms. The second kappa shape index (κ2) is 11.8. The molecule has 0 aliphatic carbocycles. The monoisotopic (exact) mass is 318 g/mol. The molecule has 0 spiro atoms. The van der Waals surface area contributed by atoms with Crippen molar-refractivity contribution >= 4 is 11.6 Å². The van der Waals surface area contributed by atoms with Gasteiger partial charge in [-0.25, -0.2) is 0 Å². The second-order valence-corrected chi connectivity index (χ2v) is 8.32. The molecule has 0 aromatic rings. The van der Waals surface area contributed by atoms with Crippen molar-refractivity contribution in [3.8, 4) is 0 Å². The lowest BCUT2D eigenvalue weighted by Gasteiger charge is -2.24. The van der Waals surface area contributed by atoms with Crippen molar-refractivity contribution in [2.24, 2.45) is 17.8 Å². The Hall–Kier alpha value is 0.250. The van der Waals surface area contributed by atoms with Crippen LogP contribution in [0, 0.1) is 17.8 Å². The van der Waals surface area contributed by atoms with Gasteiger partial charge in [0.05, 0.1) is 5.60 Å². The van der Waals surface area contributed by atoms with Gasteiger partial charge in [0, 0.05) is 5.88 Å². The first kappa shape index (κ1) is 21.2. The number of halogens is 1. The average Bonchev–Trinajstić information content (AvgIpc) is 2.36. The van der Waals surface area contributed by atoms with Gasteiger partial charge in [0.2, 0.25) is 0 Å². The van der Waals surface area contributed by atoms with Crippen molar-refractivity contribution in [3.63, 3.8) is 0 Å². The van der Waals surface area contributed by atoms with Crippen LogP contribution in [-0.4, -0.2) is 16.6 Å². The van der Waals surface area contributed by atoms with E-state index in [1.54, 1.807) is 0 Å². The molecule has 0 aliphatic heterocycles. The zero-order valence-corrected chi connectivity index (χ0v) is 15.9. The Kier molecular flexibility index (Phi) is 11.9. The molecule has 0 saturated carbocycles. The maximum atomic E-state index is 10.1. The van der Waals surface area contributed by atoms with Crippen molar-refractivity contribution in [1.29, 1.82) is 0 Å². The van der Waals surface area contributed by atoms with Crippen LogP contribution in [-0.2, 0) is 0 Å². The molecule has 3 unspecified atom stereocenters. The van der Waals surface area contributed by atoms with Crippen LogP contribution in [0.2, 0.25) is 0 Å². The molecule has 0 aromatic heterocycles. The Morgan fingerprint density at radius 3 is 1.76 bits per heavy atom. The average molecular weight is 319 g/mol. The van der Waals surface area contributed by atoms with Gasteiger partial charge in [-0.15, -0.1) is 11.6 Å². The van der Waals surface area contributed by atoms with Crippen LogP contribution in [0.3, 0.4) is 0 Å². The normalized spacial score (nSPS) is 17.7. The Labute approximate surface area is 138 Å². The molecule has 2 heteroatoms. The van der Waals surface area contributed by atoms with Crippen LogP contribution in [0.1, 0.15) is 92.4 Å². The fraction of sp³-hybridized carbons (Fsp3) is 1.00. The zero-order valence-electron chi connectivity index (χ0n) is 15.1. The summed E-state index contributed by atoms with van der Waals surface area (Å²) in [6.07, 6.45) is 10.8. The van der Waals surface area contributed by atoms with E-state index in [4.69, 9.17) is 11.6 Å². The minimum atomic E-state index is -0.569. The number of aliphatic hydroxyl groups is 1. The first-order chi connectivity index (χ1) is 9.76. The van der Waals surface area contributed by atoms with Crippen LogP contribution >= 0.6 is 11.6 Å². The molecule has 1 N–H and O–H groups in total. The van der Waals surface area contributed by atoms with Crippen LogP contribution in [0.15, 0.2) is 0 Å². The summed E-state index contributed by atoms with van der Waals surface area (Å²) in [5.41, 5.74) is -0.569. The van der Waals surface area contributed by atoms with E-state index in [1.807, 2.05) is 6.92 Å². The molecule has 0 rings (SSSR count). The third-order valence-corrected chi connectivity index (χ3v) is 4.87. The molecule has 3 atom stereocenters. The SMILES string of the molecule is CC(C)CCCC(C)CCCC(C)CCC(C)(O)CCCl. The quantitative estimate of drug-likeness (QED) is 0.389. The lowest BCUT2D eigenvalue weighted by molar-refractivity contribution is 0.0413. The molecule has 1 nitrogen and oxygen atoms in total. The number of rotatable bonds is 13. The Morgan fingerprint density at radius 1 is 0.810 bits per heavy atom. The molecular formula is C19H39ClO. The highest BCUT2D eigenvalue weighted by molar-refractivity contribution is 6.17. The molecule has 128 valence electrons. The summed E-state index contributed by atoms with van der Waals surface area (Å²) in [4.78, 5) is 0. The lowest BCUT2D eigenvalue weighted by atomic mass is 9.88. The zero-order chi connectivity index (χ0) is 16.3. The third-order valence-electron chi connectivity index (χ3n) is 4.68. The van der Waals surface area contributed by atoms with Gasteiger partial charge >= 0.3 is 0 Å². The third kappa shape index (κ3) is 13.6. The van der Waals surface area contributed by atoms with Gasteiger partial charge in [-0.2, -0.15) is 0 Å². The van der Waals surface area contributed by atoms with Crippen molar-refractivity contribution in [2.75, 3.05) is 5.88 Å². The van der Waals surface area contributed by atoms with Crippen LogP contribution < -0.4 is 0 Å². The molecule has 0 amide bonds. The molecule has 0 heterocycles. The van der Waals surface area contributed by atoms with E-state index in [2.05, 4.69) is 27.7 Å². The second-order valence-electron chi connectivity index (χ2n) is 7.94. The highest BCUT2D eigenvalue weighted by Crippen LogP contribution is 2.24. The lowest BCUT2D eigenvalue weighted by Crippen LogP contribution is -2.25. The number of alkyl halides is 1. The standard InChI is InChI=1S/C19H39ClO/c1-16(2)8-6-9-17(3)10-7-11-18(4)12-13-19(5,21)14-15-20/h16-18,21H,6-15H2,1-5H3. The molecular weight excluding hydrogens is 280 g/mol. The minimum absolute atomic E-state index is 0.551. The van der Waals surface area contributed by atoms with Gasteiger partial charge in [-0.3, -0.25) is 0 Å². The largest absolute Gasteiger partial charge is 0.390 e. The summed E-state index contributed by atoms with van der Waals surface area (Å²) in [5.74, 6) is 2.98. The Bertz CT molecular complexity index is 238. The van der Waals surface area contributed by atoms with E-state index in [9.17, 15) is 5.11 Å². The summed E-state index contributed by atoms with van der Waals surface area (Å²) < 4.78 is 0. The highest BCUT2D eigenvalue weighted by Gasteiger charge is 2.20. The van der Waals surface area contributed by atoms with Crippen molar-refractivity contribution in [3.05, 3.63) is 0 Å². The maximum absolute atomic E-state index is 10.1. The van der Waals surface area contributed by atoms with Gasteiger partial charge in [-0.05, 0) is 43.9 Å². The first-order valence-electron chi connectivity index (χ1n) is 9.05. The summed E-state index contributed by atoms with van der Waals surface area (Å²) in [6, 6.07) is 0.